The quantitative estimate of drug-likeness (QED) is 0.687. The molecule has 2 N–H and O–H groups in total. The Balaban J connectivity index is 2.43. The number of nitrogens with zero attached hydrogens (tertiary/aromatic N) is 4. The zero-order valence-corrected chi connectivity index (χ0v) is 7.09. The van der Waals surface area contributed by atoms with E-state index < -0.39 is 5.91 Å². The summed E-state index contributed by atoms with van der Waals surface area (Å²) in [5, 5.41) is 10.5. The van der Waals surface area contributed by atoms with Gasteiger partial charge in [-0.25, -0.2) is 4.63 Å². The van der Waals surface area contributed by atoms with Crippen molar-refractivity contribution in [2.45, 2.75) is 6.92 Å². The van der Waals surface area contributed by atoms with Gasteiger partial charge in [-0.1, -0.05) is 10.3 Å². The number of primary amides is 1. The highest BCUT2D eigenvalue weighted by molar-refractivity contribution is 5.88. The normalized spacial score (nSPS) is 10.4. The second-order valence-corrected chi connectivity index (χ2v) is 2.49. The lowest BCUT2D eigenvalue weighted by atomic mass is 10.3. The second-order valence-electron chi connectivity index (χ2n) is 2.49. The molecule has 0 saturated heterocycles. The molecule has 0 aliphatic rings. The Bertz CT molecular complexity index is 473. The van der Waals surface area contributed by atoms with Crippen LogP contribution >= 0.6 is 0 Å². The predicted molar refractivity (Wildman–Crippen MR) is 40.8 cm³/mol. The number of hydrogen-bond donors (Lipinski definition) is 1. The van der Waals surface area contributed by atoms with E-state index >= 15 is 0 Å². The van der Waals surface area contributed by atoms with E-state index in [1.165, 1.54) is 0 Å². The molecule has 1 amide bonds. The fraction of sp³-hybridized carbons (Fsp3) is 0.167. The van der Waals surface area contributed by atoms with Crippen LogP contribution in [0.3, 0.4) is 0 Å². The summed E-state index contributed by atoms with van der Waals surface area (Å²) in [6.07, 6.45) is 0. The van der Waals surface area contributed by atoms with Gasteiger partial charge in [-0.2, -0.15) is 4.98 Å². The summed E-state index contributed by atoms with van der Waals surface area (Å²) in [6, 6.07) is 0. The molecule has 0 aliphatic heterocycles. The third kappa shape index (κ3) is 1.22. The average molecular weight is 195 g/mol. The molecule has 2 aromatic rings. The number of hydrogen-bond acceptors (Lipinski definition) is 7. The summed E-state index contributed by atoms with van der Waals surface area (Å²) in [4.78, 5) is 14.3. The molecular weight excluding hydrogens is 190 g/mol. The zero-order valence-electron chi connectivity index (χ0n) is 7.09. The Hall–Kier alpha value is -2.25. The van der Waals surface area contributed by atoms with Gasteiger partial charge in [0.25, 0.3) is 0 Å². The van der Waals surface area contributed by atoms with Crippen LogP contribution in [-0.2, 0) is 0 Å². The van der Waals surface area contributed by atoms with E-state index in [0.717, 1.165) is 0 Å². The van der Waals surface area contributed by atoms with Crippen molar-refractivity contribution < 1.29 is 13.9 Å². The fourth-order valence-corrected chi connectivity index (χ4v) is 0.854. The fourth-order valence-electron chi connectivity index (χ4n) is 0.854. The lowest BCUT2D eigenvalue weighted by molar-refractivity contribution is 0.0958. The predicted octanol–water partition coefficient (Wildman–Crippen LogP) is -0.473. The maximum absolute atomic E-state index is 10.6. The van der Waals surface area contributed by atoms with Gasteiger partial charge in [-0.15, -0.1) is 0 Å². The molecule has 0 unspecified atom stereocenters. The maximum Gasteiger partial charge on any atom is 0.316 e. The van der Waals surface area contributed by atoms with E-state index in [-0.39, 0.29) is 11.7 Å². The van der Waals surface area contributed by atoms with Gasteiger partial charge in [0.15, 0.2) is 5.69 Å². The first-order valence-electron chi connectivity index (χ1n) is 3.61. The molecule has 0 fully saturated rings. The van der Waals surface area contributed by atoms with Gasteiger partial charge in [0.1, 0.15) is 5.69 Å². The smallest absolute Gasteiger partial charge is 0.316 e. The standard InChI is InChI=1S/C6H5N5O3/c1-2-3(10-14-9-2)5-8-6(4(7)12)13-11-5/h1H3,(H2,7,12). The van der Waals surface area contributed by atoms with E-state index in [2.05, 4.69) is 29.6 Å². The number of aryl methyl sites for hydroxylation is 1. The van der Waals surface area contributed by atoms with Crippen LogP contribution in [0.15, 0.2) is 9.15 Å². The molecule has 8 heteroatoms. The highest BCUT2D eigenvalue weighted by atomic mass is 16.6. The first kappa shape index (κ1) is 8.35. The third-order valence-corrected chi connectivity index (χ3v) is 1.50. The van der Waals surface area contributed by atoms with Gasteiger partial charge in [0.05, 0.1) is 0 Å². The SMILES string of the molecule is Cc1nonc1-c1noc(C(N)=O)n1. The second kappa shape index (κ2) is 2.91. The van der Waals surface area contributed by atoms with Crippen LogP contribution in [0.2, 0.25) is 0 Å². The summed E-state index contributed by atoms with van der Waals surface area (Å²) in [5.41, 5.74) is 5.75. The Morgan fingerprint density at radius 3 is 2.64 bits per heavy atom. The van der Waals surface area contributed by atoms with E-state index in [1.54, 1.807) is 6.92 Å². The number of rotatable bonds is 2. The third-order valence-electron chi connectivity index (χ3n) is 1.50. The van der Waals surface area contributed by atoms with Gasteiger partial charge < -0.3 is 10.3 Å². The first-order chi connectivity index (χ1) is 6.68. The molecule has 0 aromatic carbocycles. The molecule has 0 aliphatic carbocycles. The Morgan fingerprint density at radius 1 is 1.36 bits per heavy atom. The zero-order chi connectivity index (χ0) is 10.1. The molecule has 0 radical (unpaired) electrons. The average Bonchev–Trinajstić information content (AvgIpc) is 2.71. The van der Waals surface area contributed by atoms with Gasteiger partial charge in [-0.3, -0.25) is 4.79 Å². The van der Waals surface area contributed by atoms with Crippen LogP contribution in [0.25, 0.3) is 11.5 Å². The molecule has 0 bridgehead atoms. The van der Waals surface area contributed by atoms with Crippen molar-refractivity contribution in [3.05, 3.63) is 11.6 Å². The van der Waals surface area contributed by atoms with Gasteiger partial charge in [0, 0.05) is 0 Å². The highest BCUT2D eigenvalue weighted by Crippen LogP contribution is 2.15. The van der Waals surface area contributed by atoms with Crippen LogP contribution < -0.4 is 5.73 Å². The number of carbonyl (C=O) groups excluding carboxylic acids is 1. The first-order valence-corrected chi connectivity index (χ1v) is 3.61. The van der Waals surface area contributed by atoms with Crippen molar-refractivity contribution in [3.63, 3.8) is 0 Å². The number of nitrogens with two attached hydrogens (primary N) is 1. The molecule has 2 rings (SSSR count). The van der Waals surface area contributed by atoms with E-state index in [9.17, 15) is 4.79 Å². The van der Waals surface area contributed by atoms with Gasteiger partial charge in [-0.05, 0) is 12.1 Å². The number of aromatic nitrogens is 4. The van der Waals surface area contributed by atoms with E-state index in [4.69, 9.17) is 5.73 Å². The van der Waals surface area contributed by atoms with Crippen LogP contribution in [0.4, 0.5) is 0 Å². The Kier molecular flexibility index (Phi) is 1.73. The number of amides is 1. The van der Waals surface area contributed by atoms with Crippen molar-refractivity contribution in [1.82, 2.24) is 20.5 Å². The van der Waals surface area contributed by atoms with Gasteiger partial charge >= 0.3 is 11.8 Å². The topological polar surface area (TPSA) is 121 Å². The van der Waals surface area contributed by atoms with Crippen molar-refractivity contribution in [1.29, 1.82) is 0 Å². The summed E-state index contributed by atoms with van der Waals surface area (Å²) < 4.78 is 8.99. The van der Waals surface area contributed by atoms with Crippen LogP contribution in [0.5, 0.6) is 0 Å². The molecule has 14 heavy (non-hydrogen) atoms. The summed E-state index contributed by atoms with van der Waals surface area (Å²) in [7, 11) is 0. The minimum Gasteiger partial charge on any atom is -0.361 e. The summed E-state index contributed by atoms with van der Waals surface area (Å²) >= 11 is 0. The molecule has 2 heterocycles. The van der Waals surface area contributed by atoms with Crippen molar-refractivity contribution in [2.24, 2.45) is 5.73 Å². The van der Waals surface area contributed by atoms with Crippen LogP contribution in [-0.4, -0.2) is 26.4 Å². The molecule has 8 nitrogen and oxygen atoms in total. The van der Waals surface area contributed by atoms with Gasteiger partial charge in [0.2, 0.25) is 5.82 Å². The Morgan fingerprint density at radius 2 is 2.14 bits per heavy atom. The van der Waals surface area contributed by atoms with Crippen LogP contribution in [0.1, 0.15) is 16.4 Å². The lowest BCUT2D eigenvalue weighted by Gasteiger charge is -1.82. The van der Waals surface area contributed by atoms with Crippen LogP contribution in [0, 0.1) is 6.92 Å². The molecule has 72 valence electrons. The monoisotopic (exact) mass is 195 g/mol. The van der Waals surface area contributed by atoms with Crippen molar-refractivity contribution in [2.75, 3.05) is 0 Å². The Labute approximate surface area is 77.0 Å². The minimum absolute atomic E-state index is 0.123. The maximum atomic E-state index is 10.6. The molecule has 0 saturated carbocycles. The van der Waals surface area contributed by atoms with E-state index in [0.29, 0.717) is 11.4 Å². The summed E-state index contributed by atoms with van der Waals surface area (Å²) in [5.74, 6) is -0.946. The molecular formula is C6H5N5O3. The van der Waals surface area contributed by atoms with Crippen molar-refractivity contribution in [3.8, 4) is 11.5 Å². The number of carbonyl (C=O) groups is 1. The van der Waals surface area contributed by atoms with Crippen molar-refractivity contribution >= 4 is 5.91 Å². The summed E-state index contributed by atoms with van der Waals surface area (Å²) in [6.45, 7) is 1.66. The molecule has 0 spiro atoms. The largest absolute Gasteiger partial charge is 0.361 e. The molecule has 0 atom stereocenters. The highest BCUT2D eigenvalue weighted by Gasteiger charge is 2.17. The lowest BCUT2D eigenvalue weighted by Crippen LogP contribution is -2.11. The molecule has 2 aromatic heterocycles. The minimum atomic E-state index is -0.794. The van der Waals surface area contributed by atoms with E-state index in [1.807, 2.05) is 0 Å².